The molecule has 0 unspecified atom stereocenters. The summed E-state index contributed by atoms with van der Waals surface area (Å²) in [7, 11) is 2.05. The molecule has 0 atom stereocenters. The third kappa shape index (κ3) is 5.94. The number of hydrogen-bond donors (Lipinski definition) is 0. The van der Waals surface area contributed by atoms with Gasteiger partial charge in [-0.15, -0.1) is 0 Å². The number of nitrogens with zero attached hydrogens (tertiary/aromatic N) is 2. The first-order chi connectivity index (χ1) is 10.8. The van der Waals surface area contributed by atoms with Gasteiger partial charge in [0.15, 0.2) is 31.3 Å². The molecule has 0 saturated carbocycles. The number of ether oxygens (including phenoxy) is 1. The highest BCUT2D eigenvalue weighted by molar-refractivity contribution is 5.10. The van der Waals surface area contributed by atoms with E-state index in [0.717, 1.165) is 39.0 Å². The molecule has 2 heterocycles. The van der Waals surface area contributed by atoms with Crippen LogP contribution in [0.2, 0.25) is 0 Å². The van der Waals surface area contributed by atoms with Crippen molar-refractivity contribution < 1.29 is 13.9 Å². The summed E-state index contributed by atoms with van der Waals surface area (Å²) in [5.74, 6) is 0. The minimum atomic E-state index is 0.795. The highest BCUT2D eigenvalue weighted by Crippen LogP contribution is 2.06. The molecular formula is C19H28N2O+2. The van der Waals surface area contributed by atoms with Crippen LogP contribution in [-0.4, -0.2) is 13.2 Å². The van der Waals surface area contributed by atoms with Crippen molar-refractivity contribution >= 4 is 0 Å². The molecule has 2 rings (SSSR count). The van der Waals surface area contributed by atoms with E-state index in [-0.39, 0.29) is 0 Å². The molecule has 3 nitrogen and oxygen atoms in total. The third-order valence-electron chi connectivity index (χ3n) is 3.78. The summed E-state index contributed by atoms with van der Waals surface area (Å²) in [5, 5.41) is 0. The molecule has 2 aromatic heterocycles. The summed E-state index contributed by atoms with van der Waals surface area (Å²) in [6.45, 7) is 4.72. The van der Waals surface area contributed by atoms with E-state index in [9.17, 15) is 0 Å². The summed E-state index contributed by atoms with van der Waals surface area (Å²) < 4.78 is 9.78. The van der Waals surface area contributed by atoms with Crippen LogP contribution in [-0.2, 0) is 31.2 Å². The second-order valence-electron chi connectivity index (χ2n) is 5.78. The zero-order valence-corrected chi connectivity index (χ0v) is 13.9. The molecule has 0 aromatic carbocycles. The molecule has 0 aliphatic rings. The van der Waals surface area contributed by atoms with E-state index in [1.54, 1.807) is 0 Å². The van der Waals surface area contributed by atoms with Gasteiger partial charge in [0.05, 0.1) is 0 Å². The summed E-state index contributed by atoms with van der Waals surface area (Å²) in [6.07, 6.45) is 13.1. The maximum Gasteiger partial charge on any atom is 0.171 e. The average Bonchev–Trinajstić information content (AvgIpc) is 2.55. The van der Waals surface area contributed by atoms with Gasteiger partial charge in [0.2, 0.25) is 0 Å². The Morgan fingerprint density at radius 3 is 2.05 bits per heavy atom. The van der Waals surface area contributed by atoms with Gasteiger partial charge in [0, 0.05) is 30.9 Å². The molecule has 0 amide bonds. The highest BCUT2D eigenvalue weighted by Gasteiger charge is 2.02. The van der Waals surface area contributed by atoms with E-state index >= 15 is 0 Å². The Morgan fingerprint density at radius 2 is 1.45 bits per heavy atom. The van der Waals surface area contributed by atoms with Crippen LogP contribution in [0.1, 0.15) is 30.9 Å². The molecule has 0 N–H and O–H groups in total. The van der Waals surface area contributed by atoms with Gasteiger partial charge in [0.25, 0.3) is 0 Å². The van der Waals surface area contributed by atoms with Crippen LogP contribution < -0.4 is 9.13 Å². The molecule has 3 heteroatoms. The number of rotatable bonds is 9. The van der Waals surface area contributed by atoms with Gasteiger partial charge in [-0.25, -0.2) is 9.13 Å². The molecule has 0 radical (unpaired) electrons. The average molecular weight is 300 g/mol. The van der Waals surface area contributed by atoms with Gasteiger partial charge in [-0.1, -0.05) is 6.92 Å². The van der Waals surface area contributed by atoms with E-state index in [0.29, 0.717) is 0 Å². The molecule has 0 aliphatic carbocycles. The Bertz CT molecular complexity index is 534. The molecule has 0 aliphatic heterocycles. The zero-order chi connectivity index (χ0) is 15.6. The first-order valence-corrected chi connectivity index (χ1v) is 8.28. The SMILES string of the molecule is CCCOCC[n+]1ccc(CCCc2cc[n+](C)cc2)cc1. The summed E-state index contributed by atoms with van der Waals surface area (Å²) >= 11 is 0. The minimum absolute atomic E-state index is 0.795. The number of aryl methyl sites for hydroxylation is 3. The molecule has 0 fully saturated rings. The Labute approximate surface area is 134 Å². The zero-order valence-electron chi connectivity index (χ0n) is 13.9. The van der Waals surface area contributed by atoms with Crippen LogP contribution in [0.4, 0.5) is 0 Å². The predicted octanol–water partition coefficient (Wildman–Crippen LogP) is 2.40. The summed E-state index contributed by atoms with van der Waals surface area (Å²) in [4.78, 5) is 0. The van der Waals surface area contributed by atoms with Crippen LogP contribution in [0.5, 0.6) is 0 Å². The predicted molar refractivity (Wildman–Crippen MR) is 87.4 cm³/mol. The van der Waals surface area contributed by atoms with Gasteiger partial charge < -0.3 is 4.74 Å². The fraction of sp³-hybridized carbons (Fsp3) is 0.474. The normalized spacial score (nSPS) is 10.8. The van der Waals surface area contributed by atoms with Gasteiger partial charge in [-0.05, 0) is 36.8 Å². The molecule has 0 spiro atoms. The van der Waals surface area contributed by atoms with E-state index < -0.39 is 0 Å². The van der Waals surface area contributed by atoms with Crippen LogP contribution in [0.25, 0.3) is 0 Å². The first-order valence-electron chi connectivity index (χ1n) is 8.28. The van der Waals surface area contributed by atoms with Crippen molar-refractivity contribution in [2.75, 3.05) is 13.2 Å². The largest absolute Gasteiger partial charge is 0.375 e. The minimum Gasteiger partial charge on any atom is -0.375 e. The Kier molecular flexibility index (Phi) is 7.04. The van der Waals surface area contributed by atoms with Gasteiger partial charge in [-0.2, -0.15) is 0 Å². The monoisotopic (exact) mass is 300 g/mol. The van der Waals surface area contributed by atoms with E-state index in [1.165, 1.54) is 17.5 Å². The standard InChI is InChI=1S/C19H28N2O/c1-3-16-22-17-15-21-13-9-19(10-14-21)6-4-5-18-7-11-20(2)12-8-18/h7-14H,3-6,15-17H2,1-2H3/q+2. The molecule has 2 aromatic rings. The van der Waals surface area contributed by atoms with Crippen molar-refractivity contribution in [1.29, 1.82) is 0 Å². The lowest BCUT2D eigenvalue weighted by Gasteiger charge is -2.02. The van der Waals surface area contributed by atoms with Gasteiger partial charge in [-0.3, -0.25) is 0 Å². The number of aromatic nitrogens is 2. The van der Waals surface area contributed by atoms with Crippen molar-refractivity contribution in [3.8, 4) is 0 Å². The Hall–Kier alpha value is -1.74. The lowest BCUT2D eigenvalue weighted by atomic mass is 10.1. The molecule has 118 valence electrons. The Morgan fingerprint density at radius 1 is 0.864 bits per heavy atom. The van der Waals surface area contributed by atoms with Crippen molar-refractivity contribution in [3.63, 3.8) is 0 Å². The van der Waals surface area contributed by atoms with E-state index in [4.69, 9.17) is 4.74 Å². The van der Waals surface area contributed by atoms with Crippen molar-refractivity contribution in [2.45, 2.75) is 39.2 Å². The van der Waals surface area contributed by atoms with Crippen molar-refractivity contribution in [1.82, 2.24) is 0 Å². The lowest BCUT2D eigenvalue weighted by Crippen LogP contribution is -2.35. The van der Waals surface area contributed by atoms with Crippen LogP contribution in [0.3, 0.4) is 0 Å². The number of pyridine rings is 2. The van der Waals surface area contributed by atoms with Gasteiger partial charge >= 0.3 is 0 Å². The maximum absolute atomic E-state index is 5.52. The van der Waals surface area contributed by atoms with E-state index in [1.807, 2.05) is 0 Å². The van der Waals surface area contributed by atoms with Crippen LogP contribution in [0, 0.1) is 0 Å². The van der Waals surface area contributed by atoms with E-state index in [2.05, 4.69) is 72.2 Å². The third-order valence-corrected chi connectivity index (χ3v) is 3.78. The van der Waals surface area contributed by atoms with Crippen molar-refractivity contribution in [3.05, 3.63) is 60.2 Å². The number of hydrogen-bond acceptors (Lipinski definition) is 1. The van der Waals surface area contributed by atoms with Crippen molar-refractivity contribution in [2.24, 2.45) is 7.05 Å². The smallest absolute Gasteiger partial charge is 0.171 e. The Balaban J connectivity index is 1.70. The topological polar surface area (TPSA) is 17.0 Å². The van der Waals surface area contributed by atoms with Crippen LogP contribution in [0.15, 0.2) is 49.1 Å². The lowest BCUT2D eigenvalue weighted by molar-refractivity contribution is -0.698. The second kappa shape index (κ2) is 9.31. The highest BCUT2D eigenvalue weighted by atomic mass is 16.5. The maximum atomic E-state index is 5.52. The fourth-order valence-corrected chi connectivity index (χ4v) is 2.42. The summed E-state index contributed by atoms with van der Waals surface area (Å²) in [5.41, 5.74) is 2.82. The molecular weight excluding hydrogens is 272 g/mol. The molecule has 22 heavy (non-hydrogen) atoms. The quantitative estimate of drug-likeness (QED) is 0.513. The fourth-order valence-electron chi connectivity index (χ4n) is 2.42. The first kappa shape index (κ1) is 16.6. The molecule has 0 bridgehead atoms. The van der Waals surface area contributed by atoms with Crippen LogP contribution >= 0.6 is 0 Å². The summed E-state index contributed by atoms with van der Waals surface area (Å²) in [6, 6.07) is 8.86. The molecule has 0 saturated heterocycles. The van der Waals surface area contributed by atoms with Gasteiger partial charge in [0.1, 0.15) is 13.7 Å². The second-order valence-corrected chi connectivity index (χ2v) is 5.78.